The van der Waals surface area contributed by atoms with Crippen molar-refractivity contribution in [2.24, 2.45) is 0 Å². The maximum Gasteiger partial charge on any atom is 0.297 e. The van der Waals surface area contributed by atoms with Gasteiger partial charge in [0, 0.05) is 12.1 Å². The highest BCUT2D eigenvalue weighted by Crippen LogP contribution is 2.35. The first-order valence-electron chi connectivity index (χ1n) is 13.9. The number of carbonyl (C=O) groups excluding carboxylic acids is 1. The Morgan fingerprint density at radius 2 is 1.63 bits per heavy atom. The number of hydrogen-bond donors (Lipinski definition) is 1. The summed E-state index contributed by atoms with van der Waals surface area (Å²) in [5, 5.41) is 3.45. The van der Waals surface area contributed by atoms with E-state index in [4.69, 9.17) is 13.7 Å². The van der Waals surface area contributed by atoms with Crippen LogP contribution in [-0.2, 0) is 38.5 Å². The van der Waals surface area contributed by atoms with E-state index in [0.717, 1.165) is 28.1 Å². The first-order chi connectivity index (χ1) is 20.7. The maximum atomic E-state index is 13.9. The fourth-order valence-corrected chi connectivity index (χ4v) is 5.70. The minimum atomic E-state index is -3.84. The molecule has 0 aliphatic carbocycles. The molecule has 43 heavy (non-hydrogen) atoms. The molecule has 1 aliphatic heterocycles. The zero-order chi connectivity index (χ0) is 30.4. The van der Waals surface area contributed by atoms with Gasteiger partial charge in [0.15, 0.2) is 0 Å². The SMILES string of the molecule is COc1ccc(CNc2cc(CCOCCOS(=O)(=O)c3ccc(C)cc3)ccc2N2Cc3cc(F)ccc3C2=O)cc1. The van der Waals surface area contributed by atoms with Crippen LogP contribution in [0.4, 0.5) is 15.8 Å². The minimum absolute atomic E-state index is 0.0952. The minimum Gasteiger partial charge on any atom is -0.497 e. The number of hydrogen-bond acceptors (Lipinski definition) is 7. The third kappa shape index (κ3) is 7.40. The van der Waals surface area contributed by atoms with E-state index >= 15 is 0 Å². The predicted octanol–water partition coefficient (Wildman–Crippen LogP) is 5.88. The van der Waals surface area contributed by atoms with Gasteiger partial charge in [0.2, 0.25) is 0 Å². The first kappa shape index (κ1) is 30.2. The third-order valence-corrected chi connectivity index (χ3v) is 8.50. The van der Waals surface area contributed by atoms with Gasteiger partial charge in [-0.05, 0) is 84.6 Å². The summed E-state index contributed by atoms with van der Waals surface area (Å²) in [6.07, 6.45) is 0.557. The van der Waals surface area contributed by atoms with Gasteiger partial charge in [-0.3, -0.25) is 8.98 Å². The number of methoxy groups -OCH3 is 1. The van der Waals surface area contributed by atoms with Crippen molar-refractivity contribution in [3.05, 3.63) is 119 Å². The van der Waals surface area contributed by atoms with Gasteiger partial charge in [0.05, 0.1) is 49.7 Å². The monoisotopic (exact) mass is 604 g/mol. The van der Waals surface area contributed by atoms with Crippen LogP contribution < -0.4 is 15.0 Å². The molecule has 0 aromatic heterocycles. The molecule has 0 atom stereocenters. The van der Waals surface area contributed by atoms with Gasteiger partial charge in [-0.15, -0.1) is 0 Å². The molecule has 1 N–H and O–H groups in total. The van der Waals surface area contributed by atoms with E-state index in [0.29, 0.717) is 36.4 Å². The van der Waals surface area contributed by atoms with Crippen molar-refractivity contribution in [2.75, 3.05) is 37.1 Å². The van der Waals surface area contributed by atoms with Crippen molar-refractivity contribution in [1.82, 2.24) is 0 Å². The average molecular weight is 605 g/mol. The summed E-state index contributed by atoms with van der Waals surface area (Å²) in [7, 11) is -2.23. The molecule has 0 bridgehead atoms. The van der Waals surface area contributed by atoms with Crippen molar-refractivity contribution < 1.29 is 31.3 Å². The highest BCUT2D eigenvalue weighted by atomic mass is 32.2. The Morgan fingerprint density at radius 3 is 2.37 bits per heavy atom. The summed E-state index contributed by atoms with van der Waals surface area (Å²) in [5.74, 6) is 0.205. The van der Waals surface area contributed by atoms with Crippen LogP contribution in [0.2, 0.25) is 0 Å². The average Bonchev–Trinajstić information content (AvgIpc) is 3.33. The van der Waals surface area contributed by atoms with Gasteiger partial charge in [0.1, 0.15) is 11.6 Å². The Kier molecular flexibility index (Phi) is 9.40. The molecule has 0 spiro atoms. The lowest BCUT2D eigenvalue weighted by molar-refractivity contribution is 0.0996. The molecule has 1 aliphatic rings. The topological polar surface area (TPSA) is 94.2 Å². The molecule has 4 aromatic carbocycles. The van der Waals surface area contributed by atoms with E-state index in [1.54, 1.807) is 24.1 Å². The highest BCUT2D eigenvalue weighted by Gasteiger charge is 2.30. The number of carbonyl (C=O) groups is 1. The van der Waals surface area contributed by atoms with E-state index in [9.17, 15) is 17.6 Å². The summed E-state index contributed by atoms with van der Waals surface area (Å²) in [5.41, 5.74) is 5.53. The van der Waals surface area contributed by atoms with Gasteiger partial charge in [0.25, 0.3) is 16.0 Å². The standard InChI is InChI=1S/C33H33FN2O6S/c1-23-3-11-29(12-4-23)43(38,39)42-18-17-41-16-15-24-7-14-32(36-22-26-20-27(34)8-13-30(26)33(36)37)31(19-24)35-21-25-5-9-28(40-2)10-6-25/h3-14,19-20,35H,15-18,21-22H2,1-2H3. The second kappa shape index (κ2) is 13.4. The van der Waals surface area contributed by atoms with Crippen LogP contribution in [0.15, 0.2) is 89.8 Å². The fourth-order valence-electron chi connectivity index (χ4n) is 4.81. The summed E-state index contributed by atoms with van der Waals surface area (Å²) >= 11 is 0. The molecule has 1 amide bonds. The van der Waals surface area contributed by atoms with Crippen LogP contribution in [0, 0.1) is 12.7 Å². The summed E-state index contributed by atoms with van der Waals surface area (Å²) < 4.78 is 54.6. The second-order valence-electron chi connectivity index (χ2n) is 10.2. The molecule has 1 heterocycles. The van der Waals surface area contributed by atoms with Crippen LogP contribution in [-0.4, -0.2) is 41.3 Å². The van der Waals surface area contributed by atoms with E-state index in [2.05, 4.69) is 5.32 Å². The number of halogens is 1. The number of nitrogens with zero attached hydrogens (tertiary/aromatic N) is 1. The van der Waals surface area contributed by atoms with E-state index < -0.39 is 10.1 Å². The number of nitrogens with one attached hydrogen (secondary N) is 1. The number of fused-ring (bicyclic) bond motifs is 1. The fraction of sp³-hybridized carbons (Fsp3) is 0.242. The molecule has 0 fully saturated rings. The van der Waals surface area contributed by atoms with Crippen LogP contribution in [0.25, 0.3) is 0 Å². The number of aryl methyl sites for hydroxylation is 1. The highest BCUT2D eigenvalue weighted by molar-refractivity contribution is 7.86. The molecular weight excluding hydrogens is 571 g/mol. The van der Waals surface area contributed by atoms with Gasteiger partial charge in [-0.25, -0.2) is 4.39 Å². The van der Waals surface area contributed by atoms with Crippen molar-refractivity contribution in [3.63, 3.8) is 0 Å². The smallest absolute Gasteiger partial charge is 0.297 e. The lowest BCUT2D eigenvalue weighted by Gasteiger charge is -2.22. The Hall–Kier alpha value is -4.25. The number of rotatable bonds is 13. The van der Waals surface area contributed by atoms with Gasteiger partial charge in [-0.1, -0.05) is 35.9 Å². The maximum absolute atomic E-state index is 13.9. The lowest BCUT2D eigenvalue weighted by Crippen LogP contribution is -2.24. The van der Waals surface area contributed by atoms with Crippen LogP contribution >= 0.6 is 0 Å². The molecule has 5 rings (SSSR count). The molecule has 4 aromatic rings. The molecule has 8 nitrogen and oxygen atoms in total. The zero-order valence-electron chi connectivity index (χ0n) is 24.0. The largest absolute Gasteiger partial charge is 0.497 e. The van der Waals surface area contributed by atoms with Crippen LogP contribution in [0.3, 0.4) is 0 Å². The van der Waals surface area contributed by atoms with E-state index in [1.165, 1.54) is 30.3 Å². The molecule has 0 radical (unpaired) electrons. The summed E-state index contributed by atoms with van der Waals surface area (Å²) in [6, 6.07) is 24.2. The number of benzene rings is 4. The Bertz CT molecular complexity index is 1690. The Balaban J connectivity index is 1.23. The molecular formula is C33H33FN2O6S. The van der Waals surface area contributed by atoms with E-state index in [1.807, 2.05) is 49.4 Å². The summed E-state index contributed by atoms with van der Waals surface area (Å²) in [4.78, 5) is 15.0. The van der Waals surface area contributed by atoms with Crippen LogP contribution in [0.5, 0.6) is 5.75 Å². The van der Waals surface area contributed by atoms with Crippen molar-refractivity contribution in [1.29, 1.82) is 0 Å². The first-order valence-corrected chi connectivity index (χ1v) is 15.3. The third-order valence-electron chi connectivity index (χ3n) is 7.18. The number of anilines is 2. The van der Waals surface area contributed by atoms with Gasteiger partial charge >= 0.3 is 0 Å². The predicted molar refractivity (Wildman–Crippen MR) is 163 cm³/mol. The normalized spacial score (nSPS) is 12.8. The second-order valence-corrected chi connectivity index (χ2v) is 11.8. The van der Waals surface area contributed by atoms with Crippen molar-refractivity contribution >= 4 is 27.4 Å². The lowest BCUT2D eigenvalue weighted by atomic mass is 10.1. The molecule has 0 saturated carbocycles. The van der Waals surface area contributed by atoms with Crippen LogP contribution in [0.1, 0.15) is 32.6 Å². The van der Waals surface area contributed by atoms with Crippen molar-refractivity contribution in [3.8, 4) is 5.75 Å². The van der Waals surface area contributed by atoms with E-state index in [-0.39, 0.29) is 36.4 Å². The Morgan fingerprint density at radius 1 is 0.884 bits per heavy atom. The quantitative estimate of drug-likeness (QED) is 0.151. The number of amides is 1. The molecule has 0 unspecified atom stereocenters. The van der Waals surface area contributed by atoms with Crippen molar-refractivity contribution in [2.45, 2.75) is 31.3 Å². The Labute approximate surface area is 251 Å². The number of ether oxygens (including phenoxy) is 2. The molecule has 0 saturated heterocycles. The van der Waals surface area contributed by atoms with Gasteiger partial charge in [-0.2, -0.15) is 8.42 Å². The molecule has 10 heteroatoms. The summed E-state index contributed by atoms with van der Waals surface area (Å²) in [6.45, 7) is 3.03. The zero-order valence-corrected chi connectivity index (χ0v) is 24.8. The van der Waals surface area contributed by atoms with Gasteiger partial charge < -0.3 is 19.7 Å². The molecule has 224 valence electrons.